The molecule has 0 spiro atoms. The van der Waals surface area contributed by atoms with Gasteiger partial charge in [0, 0.05) is 10.9 Å². The van der Waals surface area contributed by atoms with E-state index in [-0.39, 0.29) is 0 Å². The third kappa shape index (κ3) is 1.74. The molecule has 0 aliphatic carbocycles. The van der Waals surface area contributed by atoms with Crippen LogP contribution in [0, 0.1) is 0 Å². The Hall–Kier alpha value is -2.74. The zero-order chi connectivity index (χ0) is 13.4. The molecule has 0 saturated carbocycles. The van der Waals surface area contributed by atoms with E-state index in [2.05, 4.69) is 64.8 Å². The van der Waals surface area contributed by atoms with Gasteiger partial charge in [0.25, 0.3) is 0 Å². The maximum Gasteiger partial charge on any atom is 0.0942 e. The van der Waals surface area contributed by atoms with Crippen LogP contribution in [-0.2, 0) is 0 Å². The largest absolute Gasteiger partial charge is 0.150 e. The van der Waals surface area contributed by atoms with Gasteiger partial charge in [0.15, 0.2) is 0 Å². The molecule has 0 radical (unpaired) electrons. The van der Waals surface area contributed by atoms with Crippen LogP contribution in [0.1, 0.15) is 0 Å². The van der Waals surface area contributed by atoms with Gasteiger partial charge in [-0.3, -0.25) is 0 Å². The Morgan fingerprint density at radius 3 is 2.30 bits per heavy atom. The number of aromatic nitrogens is 2. The Labute approximate surface area is 116 Å². The first-order valence-electron chi connectivity index (χ1n) is 6.62. The average molecular weight is 256 g/mol. The van der Waals surface area contributed by atoms with Gasteiger partial charge in [-0.05, 0) is 22.9 Å². The van der Waals surface area contributed by atoms with E-state index in [4.69, 9.17) is 0 Å². The molecule has 20 heavy (non-hydrogen) atoms. The van der Waals surface area contributed by atoms with Crippen LogP contribution >= 0.6 is 0 Å². The van der Waals surface area contributed by atoms with E-state index < -0.39 is 0 Å². The van der Waals surface area contributed by atoms with Crippen LogP contribution in [0.5, 0.6) is 0 Å². The molecular weight excluding hydrogens is 244 g/mol. The first-order chi connectivity index (χ1) is 9.92. The van der Waals surface area contributed by atoms with Crippen molar-refractivity contribution in [3.05, 3.63) is 72.8 Å². The smallest absolute Gasteiger partial charge is 0.0942 e. The lowest BCUT2D eigenvalue weighted by atomic mass is 10.0. The van der Waals surface area contributed by atoms with E-state index in [1.165, 1.54) is 10.8 Å². The molecule has 0 saturated heterocycles. The molecule has 0 N–H and O–H groups in total. The molecule has 0 amide bonds. The Morgan fingerprint density at radius 1 is 0.600 bits per heavy atom. The minimum absolute atomic E-state index is 0.917. The summed E-state index contributed by atoms with van der Waals surface area (Å²) in [7, 11) is 0. The quantitative estimate of drug-likeness (QED) is 0.503. The van der Waals surface area contributed by atoms with Gasteiger partial charge >= 0.3 is 0 Å². The number of hydrogen-bond acceptors (Lipinski definition) is 2. The summed E-state index contributed by atoms with van der Waals surface area (Å²) in [5, 5.41) is 12.2. The fraction of sp³-hybridized carbons (Fsp3) is 0. The van der Waals surface area contributed by atoms with Crippen LogP contribution in [0.15, 0.2) is 72.8 Å². The average Bonchev–Trinajstić information content (AvgIpc) is 2.54. The summed E-state index contributed by atoms with van der Waals surface area (Å²) in [6.07, 6.45) is 0. The molecule has 4 rings (SSSR count). The van der Waals surface area contributed by atoms with Gasteiger partial charge in [0.2, 0.25) is 0 Å². The van der Waals surface area contributed by atoms with Gasteiger partial charge in [-0.15, -0.1) is 10.2 Å². The Bertz CT molecular complexity index is 908. The lowest BCUT2D eigenvalue weighted by Gasteiger charge is -2.06. The van der Waals surface area contributed by atoms with Gasteiger partial charge in [-0.1, -0.05) is 60.7 Å². The van der Waals surface area contributed by atoms with Crippen LogP contribution in [0.3, 0.4) is 0 Å². The van der Waals surface area contributed by atoms with E-state index in [0.717, 1.165) is 22.2 Å². The molecule has 0 fully saturated rings. The van der Waals surface area contributed by atoms with Crippen molar-refractivity contribution in [1.29, 1.82) is 0 Å². The third-order valence-corrected chi connectivity index (χ3v) is 3.56. The molecule has 94 valence electrons. The predicted molar refractivity (Wildman–Crippen MR) is 82.5 cm³/mol. The number of nitrogens with zero attached hydrogens (tertiary/aromatic N) is 2. The normalized spacial score (nSPS) is 11.0. The fourth-order valence-corrected chi connectivity index (χ4v) is 2.56. The van der Waals surface area contributed by atoms with Gasteiger partial charge in [0.05, 0.1) is 11.2 Å². The lowest BCUT2D eigenvalue weighted by Crippen LogP contribution is -1.89. The second-order valence-electron chi connectivity index (χ2n) is 4.82. The Kier molecular flexibility index (Phi) is 2.46. The molecule has 1 aromatic heterocycles. The van der Waals surface area contributed by atoms with Gasteiger partial charge in [0.1, 0.15) is 0 Å². The van der Waals surface area contributed by atoms with Crippen molar-refractivity contribution in [2.45, 2.75) is 0 Å². The molecular formula is C18H12N2. The third-order valence-electron chi connectivity index (χ3n) is 3.56. The first kappa shape index (κ1) is 11.1. The van der Waals surface area contributed by atoms with Crippen molar-refractivity contribution in [2.75, 3.05) is 0 Å². The highest BCUT2D eigenvalue weighted by Gasteiger charge is 2.06. The maximum atomic E-state index is 4.38. The number of rotatable bonds is 1. The summed E-state index contributed by atoms with van der Waals surface area (Å²) >= 11 is 0. The molecule has 2 nitrogen and oxygen atoms in total. The van der Waals surface area contributed by atoms with Crippen molar-refractivity contribution >= 4 is 21.7 Å². The van der Waals surface area contributed by atoms with Crippen LogP contribution in [-0.4, -0.2) is 10.2 Å². The van der Waals surface area contributed by atoms with Crippen molar-refractivity contribution in [3.63, 3.8) is 0 Å². The molecule has 2 heteroatoms. The molecule has 1 heterocycles. The van der Waals surface area contributed by atoms with Gasteiger partial charge < -0.3 is 0 Å². The fourth-order valence-electron chi connectivity index (χ4n) is 2.56. The highest BCUT2D eigenvalue weighted by molar-refractivity contribution is 5.97. The molecule has 0 aliphatic rings. The van der Waals surface area contributed by atoms with E-state index in [1.807, 2.05) is 18.2 Å². The number of hydrogen-bond donors (Lipinski definition) is 0. The van der Waals surface area contributed by atoms with Crippen molar-refractivity contribution in [2.24, 2.45) is 0 Å². The summed E-state index contributed by atoms with van der Waals surface area (Å²) in [6.45, 7) is 0. The molecule has 3 aromatic carbocycles. The molecule has 0 unspecified atom stereocenters. The van der Waals surface area contributed by atoms with E-state index in [1.54, 1.807) is 0 Å². The number of fused-ring (bicyclic) bond motifs is 2. The SMILES string of the molecule is c1ccc2nnc(-c3cccc4ccccc34)cc2c1. The summed E-state index contributed by atoms with van der Waals surface area (Å²) in [4.78, 5) is 0. The minimum Gasteiger partial charge on any atom is -0.150 e. The van der Waals surface area contributed by atoms with Crippen molar-refractivity contribution in [1.82, 2.24) is 10.2 Å². The molecule has 0 aliphatic heterocycles. The predicted octanol–water partition coefficient (Wildman–Crippen LogP) is 4.45. The van der Waals surface area contributed by atoms with Crippen LogP contribution in [0.25, 0.3) is 32.9 Å². The second-order valence-corrected chi connectivity index (χ2v) is 4.82. The van der Waals surface area contributed by atoms with Crippen LogP contribution < -0.4 is 0 Å². The monoisotopic (exact) mass is 256 g/mol. The minimum atomic E-state index is 0.917. The molecule has 4 aromatic rings. The summed E-state index contributed by atoms with van der Waals surface area (Å²) in [5.41, 5.74) is 2.97. The highest BCUT2D eigenvalue weighted by atomic mass is 15.1. The zero-order valence-electron chi connectivity index (χ0n) is 10.8. The summed E-state index contributed by atoms with van der Waals surface area (Å²) in [5.74, 6) is 0. The van der Waals surface area contributed by atoms with Gasteiger partial charge in [-0.25, -0.2) is 0 Å². The van der Waals surface area contributed by atoms with Crippen LogP contribution in [0.2, 0.25) is 0 Å². The lowest BCUT2D eigenvalue weighted by molar-refractivity contribution is 1.08. The van der Waals surface area contributed by atoms with Crippen LogP contribution in [0.4, 0.5) is 0 Å². The van der Waals surface area contributed by atoms with Crippen molar-refractivity contribution in [3.8, 4) is 11.3 Å². The van der Waals surface area contributed by atoms with E-state index >= 15 is 0 Å². The molecule has 0 atom stereocenters. The summed E-state index contributed by atoms with van der Waals surface area (Å²) < 4.78 is 0. The first-order valence-corrected chi connectivity index (χ1v) is 6.62. The van der Waals surface area contributed by atoms with Crippen molar-refractivity contribution < 1.29 is 0 Å². The van der Waals surface area contributed by atoms with Gasteiger partial charge in [-0.2, -0.15) is 0 Å². The second kappa shape index (κ2) is 4.42. The maximum absolute atomic E-state index is 4.38. The highest BCUT2D eigenvalue weighted by Crippen LogP contribution is 2.28. The topological polar surface area (TPSA) is 25.8 Å². The number of benzene rings is 3. The molecule has 0 bridgehead atoms. The Morgan fingerprint density at radius 2 is 1.35 bits per heavy atom. The standard InChI is InChI=1S/C18H12N2/c1-3-9-15-13(6-1)8-5-10-16(15)18-12-14-7-2-4-11-17(14)19-20-18/h1-12H. The van der Waals surface area contributed by atoms with E-state index in [9.17, 15) is 0 Å². The van der Waals surface area contributed by atoms with E-state index in [0.29, 0.717) is 0 Å². The Balaban J connectivity index is 2.01. The zero-order valence-corrected chi connectivity index (χ0v) is 10.8. The summed E-state index contributed by atoms with van der Waals surface area (Å²) in [6, 6.07) is 24.8.